The number of benzene rings is 2. The fraction of sp³-hybridized carbons (Fsp3) is 0.200. The van der Waals surface area contributed by atoms with Crippen molar-refractivity contribution in [2.24, 2.45) is 0 Å². The fourth-order valence-electron chi connectivity index (χ4n) is 3.33. The Morgan fingerprint density at radius 2 is 1.85 bits per heavy atom. The molecule has 2 heterocycles. The Hall–Kier alpha value is -2.79. The number of amides is 1. The Bertz CT molecular complexity index is 997. The summed E-state index contributed by atoms with van der Waals surface area (Å²) >= 11 is 6.08. The van der Waals surface area contributed by atoms with Gasteiger partial charge in [0, 0.05) is 17.0 Å². The molecule has 1 aliphatic heterocycles. The first-order valence-electron chi connectivity index (χ1n) is 8.24. The molecule has 132 valence electrons. The lowest BCUT2D eigenvalue weighted by atomic mass is 10.1. The van der Waals surface area contributed by atoms with Crippen LogP contribution in [0.1, 0.15) is 15.9 Å². The maximum atomic E-state index is 13.3. The molecule has 0 radical (unpaired) electrons. The molecular weight excluding hydrogens is 352 g/mol. The number of carbonyl (C=O) groups excluding carboxylic acids is 1. The van der Waals surface area contributed by atoms with Crippen molar-refractivity contribution in [2.75, 3.05) is 25.7 Å². The summed E-state index contributed by atoms with van der Waals surface area (Å²) in [5.74, 6) is 1.46. The molecule has 0 atom stereocenters. The number of ether oxygens (including phenoxy) is 2. The predicted molar refractivity (Wildman–Crippen MR) is 102 cm³/mol. The number of aromatic nitrogens is 1. The van der Waals surface area contributed by atoms with E-state index >= 15 is 0 Å². The van der Waals surface area contributed by atoms with Crippen LogP contribution in [0.15, 0.2) is 42.5 Å². The van der Waals surface area contributed by atoms with E-state index in [1.807, 2.05) is 12.1 Å². The lowest BCUT2D eigenvalue weighted by Gasteiger charge is -2.20. The van der Waals surface area contributed by atoms with Gasteiger partial charge in [-0.25, -0.2) is 4.98 Å². The zero-order valence-electron chi connectivity index (χ0n) is 14.5. The monoisotopic (exact) mass is 368 g/mol. The molecule has 1 amide bonds. The SMILES string of the molecule is COc1cccc(OC)c1C(=O)N1CCc2cc3cc(Cl)ccc3nc21. The molecule has 2 aromatic carbocycles. The van der Waals surface area contributed by atoms with Gasteiger partial charge in [0.1, 0.15) is 22.9 Å². The summed E-state index contributed by atoms with van der Waals surface area (Å²) in [6.07, 6.45) is 0.744. The minimum absolute atomic E-state index is 0.182. The summed E-state index contributed by atoms with van der Waals surface area (Å²) in [6.45, 7) is 0.562. The van der Waals surface area contributed by atoms with Crippen molar-refractivity contribution in [1.29, 1.82) is 0 Å². The van der Waals surface area contributed by atoms with Crippen molar-refractivity contribution in [1.82, 2.24) is 4.98 Å². The highest BCUT2D eigenvalue weighted by Crippen LogP contribution is 2.35. The largest absolute Gasteiger partial charge is 0.496 e. The molecule has 5 nitrogen and oxygen atoms in total. The molecule has 0 saturated heterocycles. The van der Waals surface area contributed by atoms with E-state index in [0.29, 0.717) is 34.4 Å². The Kier molecular flexibility index (Phi) is 4.17. The van der Waals surface area contributed by atoms with Crippen LogP contribution in [0.5, 0.6) is 11.5 Å². The molecule has 1 aromatic heterocycles. The van der Waals surface area contributed by atoms with Crippen LogP contribution in [0.3, 0.4) is 0 Å². The smallest absolute Gasteiger partial charge is 0.267 e. The second kappa shape index (κ2) is 6.50. The highest BCUT2D eigenvalue weighted by Gasteiger charge is 2.31. The molecule has 0 fully saturated rings. The summed E-state index contributed by atoms with van der Waals surface area (Å²) in [5, 5.41) is 1.64. The zero-order chi connectivity index (χ0) is 18.3. The van der Waals surface area contributed by atoms with Gasteiger partial charge < -0.3 is 9.47 Å². The lowest BCUT2D eigenvalue weighted by molar-refractivity contribution is 0.0982. The van der Waals surface area contributed by atoms with Crippen molar-refractivity contribution < 1.29 is 14.3 Å². The van der Waals surface area contributed by atoms with Gasteiger partial charge in [0.2, 0.25) is 0 Å². The molecule has 0 bridgehead atoms. The van der Waals surface area contributed by atoms with Crippen LogP contribution >= 0.6 is 11.6 Å². The van der Waals surface area contributed by atoms with E-state index in [2.05, 4.69) is 6.07 Å². The standard InChI is InChI=1S/C20H17ClN2O3/c1-25-16-4-3-5-17(26-2)18(16)20(24)23-9-8-12-10-13-11-14(21)6-7-15(13)22-19(12)23/h3-7,10-11H,8-9H2,1-2H3. The van der Waals surface area contributed by atoms with E-state index in [4.69, 9.17) is 26.1 Å². The second-order valence-corrected chi connectivity index (χ2v) is 6.49. The molecule has 0 spiro atoms. The van der Waals surface area contributed by atoms with Gasteiger partial charge in [0.25, 0.3) is 5.91 Å². The van der Waals surface area contributed by atoms with Gasteiger partial charge in [-0.2, -0.15) is 0 Å². The minimum atomic E-state index is -0.182. The number of pyridine rings is 1. The van der Waals surface area contributed by atoms with Gasteiger partial charge in [-0.3, -0.25) is 9.69 Å². The van der Waals surface area contributed by atoms with Crippen molar-refractivity contribution in [2.45, 2.75) is 6.42 Å². The van der Waals surface area contributed by atoms with Crippen LogP contribution in [0.2, 0.25) is 5.02 Å². The Morgan fingerprint density at radius 1 is 1.12 bits per heavy atom. The van der Waals surface area contributed by atoms with Crippen molar-refractivity contribution in [3.8, 4) is 11.5 Å². The normalized spacial score (nSPS) is 13.0. The van der Waals surface area contributed by atoms with Crippen molar-refractivity contribution in [3.63, 3.8) is 0 Å². The molecule has 0 N–H and O–H groups in total. The van der Waals surface area contributed by atoms with Crippen molar-refractivity contribution >= 4 is 34.2 Å². The quantitative estimate of drug-likeness (QED) is 0.698. The molecule has 0 aliphatic carbocycles. The van der Waals surface area contributed by atoms with Crippen LogP contribution in [0, 0.1) is 0 Å². The van der Waals surface area contributed by atoms with E-state index in [0.717, 1.165) is 22.9 Å². The maximum Gasteiger partial charge on any atom is 0.267 e. The summed E-state index contributed by atoms with van der Waals surface area (Å²) in [5.41, 5.74) is 2.24. The molecule has 26 heavy (non-hydrogen) atoms. The molecule has 6 heteroatoms. The van der Waals surface area contributed by atoms with Crippen LogP contribution in [0.4, 0.5) is 5.82 Å². The van der Waals surface area contributed by atoms with Crippen LogP contribution in [-0.4, -0.2) is 31.7 Å². The van der Waals surface area contributed by atoms with Crippen LogP contribution in [0.25, 0.3) is 10.9 Å². The first-order valence-corrected chi connectivity index (χ1v) is 8.62. The van der Waals surface area contributed by atoms with Gasteiger partial charge in [0.05, 0.1) is 19.7 Å². The highest BCUT2D eigenvalue weighted by molar-refractivity contribution is 6.31. The third-order valence-corrected chi connectivity index (χ3v) is 4.82. The van der Waals surface area contributed by atoms with E-state index in [-0.39, 0.29) is 5.91 Å². The van der Waals surface area contributed by atoms with Crippen LogP contribution < -0.4 is 14.4 Å². The number of fused-ring (bicyclic) bond motifs is 2. The lowest BCUT2D eigenvalue weighted by Crippen LogP contribution is -2.30. The molecule has 1 aliphatic rings. The number of halogens is 1. The molecule has 0 unspecified atom stereocenters. The van der Waals surface area contributed by atoms with Gasteiger partial charge >= 0.3 is 0 Å². The van der Waals surface area contributed by atoms with E-state index in [9.17, 15) is 4.79 Å². The first-order chi connectivity index (χ1) is 12.6. The Balaban J connectivity index is 1.81. The summed E-state index contributed by atoms with van der Waals surface area (Å²) in [7, 11) is 3.08. The van der Waals surface area contributed by atoms with Crippen LogP contribution in [-0.2, 0) is 6.42 Å². The number of hydrogen-bond donors (Lipinski definition) is 0. The summed E-state index contributed by atoms with van der Waals surface area (Å²) in [6, 6.07) is 12.9. The fourth-order valence-corrected chi connectivity index (χ4v) is 3.51. The number of anilines is 1. The van der Waals surface area contributed by atoms with Gasteiger partial charge in [-0.05, 0) is 48.4 Å². The minimum Gasteiger partial charge on any atom is -0.496 e. The first kappa shape index (κ1) is 16.7. The van der Waals surface area contributed by atoms with E-state index < -0.39 is 0 Å². The maximum absolute atomic E-state index is 13.3. The van der Waals surface area contributed by atoms with E-state index in [1.165, 1.54) is 0 Å². The highest BCUT2D eigenvalue weighted by atomic mass is 35.5. The third-order valence-electron chi connectivity index (χ3n) is 4.58. The van der Waals surface area contributed by atoms with E-state index in [1.54, 1.807) is 43.4 Å². The molecule has 4 rings (SSSR count). The van der Waals surface area contributed by atoms with Gasteiger partial charge in [-0.1, -0.05) is 17.7 Å². The van der Waals surface area contributed by atoms with Crippen molar-refractivity contribution in [3.05, 3.63) is 58.6 Å². The number of nitrogens with zero attached hydrogens (tertiary/aromatic N) is 2. The average molecular weight is 369 g/mol. The number of carbonyl (C=O) groups is 1. The predicted octanol–water partition coefficient (Wildman–Crippen LogP) is 4.11. The zero-order valence-corrected chi connectivity index (χ0v) is 15.2. The van der Waals surface area contributed by atoms with Gasteiger partial charge in [0.15, 0.2) is 0 Å². The topological polar surface area (TPSA) is 51.7 Å². The summed E-state index contributed by atoms with van der Waals surface area (Å²) in [4.78, 5) is 19.6. The second-order valence-electron chi connectivity index (χ2n) is 6.05. The number of methoxy groups -OCH3 is 2. The Morgan fingerprint density at radius 3 is 2.54 bits per heavy atom. The summed E-state index contributed by atoms with van der Waals surface area (Å²) < 4.78 is 10.8. The number of rotatable bonds is 3. The third kappa shape index (κ3) is 2.65. The molecule has 3 aromatic rings. The molecular formula is C20H17ClN2O3. The Labute approximate surface area is 156 Å². The number of hydrogen-bond acceptors (Lipinski definition) is 4. The average Bonchev–Trinajstić information content (AvgIpc) is 3.07. The van der Waals surface area contributed by atoms with Gasteiger partial charge in [-0.15, -0.1) is 0 Å². The molecule has 0 saturated carbocycles.